The van der Waals surface area contributed by atoms with Gasteiger partial charge in [-0.3, -0.25) is 4.79 Å². The molecule has 4 nitrogen and oxygen atoms in total. The largest absolute Gasteiger partial charge is 0.497 e. The lowest BCUT2D eigenvalue weighted by Gasteiger charge is -2.27. The molecule has 0 unspecified atom stereocenters. The normalized spacial score (nSPS) is 10.6. The molecule has 0 heterocycles. The van der Waals surface area contributed by atoms with E-state index in [0.29, 0.717) is 17.4 Å². The van der Waals surface area contributed by atoms with Crippen molar-refractivity contribution in [3.8, 4) is 5.75 Å². The second kappa shape index (κ2) is 8.20. The van der Waals surface area contributed by atoms with Gasteiger partial charge >= 0.3 is 0 Å². The highest BCUT2D eigenvalue weighted by atomic mass is 79.9. The molecule has 24 heavy (non-hydrogen) atoms. The van der Waals surface area contributed by atoms with E-state index in [1.165, 1.54) is 0 Å². The summed E-state index contributed by atoms with van der Waals surface area (Å²) in [4.78, 5) is 14.8. The molecule has 2 aromatic carbocycles. The zero-order chi connectivity index (χ0) is 17.7. The summed E-state index contributed by atoms with van der Waals surface area (Å²) in [5.41, 5.74) is 2.45. The summed E-state index contributed by atoms with van der Waals surface area (Å²) in [6, 6.07) is 13.7. The number of methoxy groups -OCH3 is 1. The van der Waals surface area contributed by atoms with E-state index < -0.39 is 0 Å². The number of nitrogens with one attached hydrogen (secondary N) is 1. The third kappa shape index (κ3) is 4.29. The van der Waals surface area contributed by atoms with Crippen LogP contribution in [0.2, 0.25) is 0 Å². The number of amides is 1. The van der Waals surface area contributed by atoms with E-state index in [0.717, 1.165) is 22.4 Å². The molecule has 0 atom stereocenters. The molecule has 0 aliphatic heterocycles. The van der Waals surface area contributed by atoms with Crippen molar-refractivity contribution in [2.24, 2.45) is 0 Å². The van der Waals surface area contributed by atoms with Gasteiger partial charge in [0.1, 0.15) is 5.75 Å². The summed E-state index contributed by atoms with van der Waals surface area (Å²) in [6.45, 7) is 7.41. The van der Waals surface area contributed by atoms with E-state index in [-0.39, 0.29) is 5.91 Å². The highest BCUT2D eigenvalue weighted by Crippen LogP contribution is 2.24. The molecule has 1 N–H and O–H groups in total. The Balaban J connectivity index is 2.15. The van der Waals surface area contributed by atoms with Gasteiger partial charge in [-0.25, -0.2) is 0 Å². The molecule has 0 saturated heterocycles. The molecule has 2 rings (SSSR count). The Hall–Kier alpha value is -2.01. The average Bonchev–Trinajstić information content (AvgIpc) is 2.57. The van der Waals surface area contributed by atoms with Crippen LogP contribution in [0.5, 0.6) is 5.75 Å². The first-order valence-electron chi connectivity index (χ1n) is 7.97. The van der Waals surface area contributed by atoms with Gasteiger partial charge in [-0.2, -0.15) is 0 Å². The lowest BCUT2D eigenvalue weighted by Crippen LogP contribution is -2.30. The maximum atomic E-state index is 12.5. The molecule has 0 fully saturated rings. The van der Waals surface area contributed by atoms with Crippen LogP contribution in [-0.2, 0) is 0 Å². The smallest absolute Gasteiger partial charge is 0.256 e. The molecule has 0 bridgehead atoms. The molecular formula is C19H23BrN2O2. The fraction of sp³-hybridized carbons (Fsp3) is 0.316. The summed E-state index contributed by atoms with van der Waals surface area (Å²) in [5, 5.41) is 2.92. The Morgan fingerprint density at radius 3 is 2.42 bits per heavy atom. The van der Waals surface area contributed by atoms with Gasteiger partial charge in [-0.05, 0) is 79.2 Å². The van der Waals surface area contributed by atoms with Gasteiger partial charge in [0.05, 0.1) is 12.7 Å². The summed E-state index contributed by atoms with van der Waals surface area (Å²) in [7, 11) is 1.58. The maximum absolute atomic E-state index is 12.5. The number of hydrogen-bond acceptors (Lipinski definition) is 3. The van der Waals surface area contributed by atoms with Crippen molar-refractivity contribution in [1.29, 1.82) is 0 Å². The van der Waals surface area contributed by atoms with Gasteiger partial charge in [-0.15, -0.1) is 0 Å². The van der Waals surface area contributed by atoms with Crippen LogP contribution in [0.3, 0.4) is 0 Å². The summed E-state index contributed by atoms with van der Waals surface area (Å²) < 4.78 is 5.91. The Labute approximate surface area is 151 Å². The topological polar surface area (TPSA) is 41.6 Å². The Bertz CT molecular complexity index is 699. The molecule has 0 spiro atoms. The van der Waals surface area contributed by atoms with Crippen molar-refractivity contribution in [3.63, 3.8) is 0 Å². The summed E-state index contributed by atoms with van der Waals surface area (Å²) in [6.07, 6.45) is 0. The van der Waals surface area contributed by atoms with Crippen LogP contribution in [0.25, 0.3) is 0 Å². The minimum absolute atomic E-state index is 0.176. The van der Waals surface area contributed by atoms with E-state index in [1.54, 1.807) is 25.3 Å². The minimum atomic E-state index is -0.176. The highest BCUT2D eigenvalue weighted by Gasteiger charge is 2.13. The van der Waals surface area contributed by atoms with Crippen LogP contribution in [0.15, 0.2) is 46.9 Å². The number of halogens is 1. The number of carbonyl (C=O) groups is 1. The summed E-state index contributed by atoms with van der Waals surface area (Å²) >= 11 is 3.41. The molecule has 2 aromatic rings. The van der Waals surface area contributed by atoms with Gasteiger partial charge < -0.3 is 15.0 Å². The van der Waals surface area contributed by atoms with Gasteiger partial charge in [-0.1, -0.05) is 0 Å². The minimum Gasteiger partial charge on any atom is -0.497 e. The van der Waals surface area contributed by atoms with Crippen LogP contribution in [0, 0.1) is 0 Å². The number of benzene rings is 2. The van der Waals surface area contributed by atoms with Crippen LogP contribution < -0.4 is 15.0 Å². The standard InChI is InChI=1S/C19H23BrN2O2/c1-5-22(13(2)3)15-8-6-14(7-9-15)21-19(23)17-12-16(24-4)10-11-18(17)20/h6-13H,5H2,1-4H3,(H,21,23). The van der Waals surface area contributed by atoms with Crippen LogP contribution in [-0.4, -0.2) is 25.6 Å². The van der Waals surface area contributed by atoms with Gasteiger partial charge in [0, 0.05) is 28.4 Å². The predicted octanol–water partition coefficient (Wildman–Crippen LogP) is 4.94. The number of rotatable bonds is 6. The Morgan fingerprint density at radius 1 is 1.21 bits per heavy atom. The zero-order valence-corrected chi connectivity index (χ0v) is 16.1. The van der Waals surface area contributed by atoms with Crippen molar-refractivity contribution in [1.82, 2.24) is 0 Å². The molecule has 0 saturated carbocycles. The molecule has 5 heteroatoms. The Morgan fingerprint density at radius 2 is 1.88 bits per heavy atom. The van der Waals surface area contributed by atoms with Crippen molar-refractivity contribution >= 4 is 33.2 Å². The molecule has 0 aliphatic rings. The number of ether oxygens (including phenoxy) is 1. The molecule has 0 aromatic heterocycles. The number of hydrogen-bond donors (Lipinski definition) is 1. The lowest BCUT2D eigenvalue weighted by molar-refractivity contribution is 0.102. The van der Waals surface area contributed by atoms with E-state index in [2.05, 4.69) is 46.9 Å². The molecule has 1 amide bonds. The van der Waals surface area contributed by atoms with Crippen molar-refractivity contribution in [2.75, 3.05) is 23.9 Å². The predicted molar refractivity (Wildman–Crippen MR) is 103 cm³/mol. The average molecular weight is 391 g/mol. The SMILES string of the molecule is CCN(c1ccc(NC(=O)c2cc(OC)ccc2Br)cc1)C(C)C. The number of anilines is 2. The first-order chi connectivity index (χ1) is 11.5. The molecule has 0 aliphatic carbocycles. The highest BCUT2D eigenvalue weighted by molar-refractivity contribution is 9.10. The van der Waals surface area contributed by atoms with E-state index >= 15 is 0 Å². The van der Waals surface area contributed by atoms with Gasteiger partial charge in [0.25, 0.3) is 5.91 Å². The van der Waals surface area contributed by atoms with E-state index in [4.69, 9.17) is 4.74 Å². The van der Waals surface area contributed by atoms with E-state index in [1.807, 2.05) is 24.3 Å². The monoisotopic (exact) mass is 390 g/mol. The first kappa shape index (κ1) is 18.3. The first-order valence-corrected chi connectivity index (χ1v) is 8.77. The summed E-state index contributed by atoms with van der Waals surface area (Å²) in [5.74, 6) is 0.471. The van der Waals surface area contributed by atoms with Crippen LogP contribution in [0.4, 0.5) is 11.4 Å². The van der Waals surface area contributed by atoms with E-state index in [9.17, 15) is 4.79 Å². The third-order valence-corrected chi connectivity index (χ3v) is 4.53. The van der Waals surface area contributed by atoms with Crippen molar-refractivity contribution in [3.05, 3.63) is 52.5 Å². The fourth-order valence-corrected chi connectivity index (χ4v) is 3.01. The van der Waals surface area contributed by atoms with Crippen LogP contribution >= 0.6 is 15.9 Å². The van der Waals surface area contributed by atoms with Gasteiger partial charge in [0.15, 0.2) is 0 Å². The fourth-order valence-electron chi connectivity index (χ4n) is 2.59. The number of nitrogens with zero attached hydrogens (tertiary/aromatic N) is 1. The molecular weight excluding hydrogens is 368 g/mol. The van der Waals surface area contributed by atoms with Crippen LogP contribution in [0.1, 0.15) is 31.1 Å². The quantitative estimate of drug-likeness (QED) is 0.758. The molecule has 128 valence electrons. The lowest BCUT2D eigenvalue weighted by atomic mass is 10.2. The van der Waals surface area contributed by atoms with Crippen molar-refractivity contribution in [2.45, 2.75) is 26.8 Å². The van der Waals surface area contributed by atoms with Gasteiger partial charge in [0.2, 0.25) is 0 Å². The second-order valence-corrected chi connectivity index (χ2v) is 6.58. The Kier molecular flexibility index (Phi) is 6.26. The number of carbonyl (C=O) groups excluding carboxylic acids is 1. The molecule has 0 radical (unpaired) electrons. The maximum Gasteiger partial charge on any atom is 0.256 e. The second-order valence-electron chi connectivity index (χ2n) is 5.73. The zero-order valence-electron chi connectivity index (χ0n) is 14.5. The third-order valence-electron chi connectivity index (χ3n) is 3.84. The van der Waals surface area contributed by atoms with Crippen molar-refractivity contribution < 1.29 is 9.53 Å².